The van der Waals surface area contributed by atoms with E-state index in [9.17, 15) is 19.2 Å². The Labute approximate surface area is 208 Å². The third kappa shape index (κ3) is 6.71. The molecule has 12 heteroatoms. The maximum atomic E-state index is 12.0. The highest BCUT2D eigenvalue weighted by Crippen LogP contribution is 2.37. The monoisotopic (exact) mass is 510 g/mol. The third-order valence-electron chi connectivity index (χ3n) is 5.52. The van der Waals surface area contributed by atoms with Crippen LogP contribution in [0.3, 0.4) is 0 Å². The molecule has 3 rings (SSSR count). The fraction of sp³-hybridized carbons (Fsp3) is 0.583. The van der Waals surface area contributed by atoms with Crippen LogP contribution in [0, 0.1) is 5.92 Å². The molecule has 0 aromatic heterocycles. The van der Waals surface area contributed by atoms with Crippen molar-refractivity contribution >= 4 is 23.9 Å². The average molecular weight is 510 g/mol. The second-order valence-corrected chi connectivity index (χ2v) is 8.29. The van der Waals surface area contributed by atoms with Gasteiger partial charge in [-0.15, -0.1) is 6.58 Å². The highest BCUT2D eigenvalue weighted by molar-refractivity contribution is 5.68. The Morgan fingerprint density at radius 2 is 1.58 bits per heavy atom. The van der Waals surface area contributed by atoms with Gasteiger partial charge in [-0.2, -0.15) is 0 Å². The number of carbonyl (C=O) groups excluding carboxylic acids is 4. The van der Waals surface area contributed by atoms with E-state index in [4.69, 9.17) is 37.9 Å². The molecule has 0 aromatic rings. The van der Waals surface area contributed by atoms with Crippen LogP contribution in [0.1, 0.15) is 27.7 Å². The third-order valence-corrected chi connectivity index (χ3v) is 5.52. The molecule has 198 valence electrons. The molecule has 0 radical (unpaired) electrons. The summed E-state index contributed by atoms with van der Waals surface area (Å²) < 4.78 is 44.6. The molecular weight excluding hydrogens is 480 g/mol. The fourth-order valence-electron chi connectivity index (χ4n) is 4.15. The predicted molar refractivity (Wildman–Crippen MR) is 119 cm³/mol. The topological polar surface area (TPSA) is 142 Å². The number of hydrogen-bond acceptors (Lipinski definition) is 12. The van der Waals surface area contributed by atoms with Crippen LogP contribution in [0.25, 0.3) is 0 Å². The van der Waals surface area contributed by atoms with Gasteiger partial charge in [0.15, 0.2) is 18.3 Å². The summed E-state index contributed by atoms with van der Waals surface area (Å²) in [6, 6.07) is 0. The van der Waals surface area contributed by atoms with Crippen LogP contribution in [0.15, 0.2) is 36.1 Å². The van der Waals surface area contributed by atoms with Crippen LogP contribution in [0.4, 0.5) is 0 Å². The highest BCUT2D eigenvalue weighted by atomic mass is 16.8. The van der Waals surface area contributed by atoms with E-state index in [1.165, 1.54) is 13.2 Å². The number of esters is 4. The molecule has 0 bridgehead atoms. The molecule has 7 atom stereocenters. The molecule has 0 N–H and O–H groups in total. The second kappa shape index (κ2) is 12.2. The Hall–Kier alpha value is -3.22. The molecule has 0 saturated carbocycles. The van der Waals surface area contributed by atoms with Crippen LogP contribution in [0.5, 0.6) is 0 Å². The first-order valence-corrected chi connectivity index (χ1v) is 11.3. The van der Waals surface area contributed by atoms with Gasteiger partial charge < -0.3 is 37.9 Å². The number of hydrogen-bond donors (Lipinski definition) is 0. The lowest BCUT2D eigenvalue weighted by Gasteiger charge is -2.45. The lowest BCUT2D eigenvalue weighted by molar-refractivity contribution is -0.339. The quantitative estimate of drug-likeness (QED) is 0.262. The first-order chi connectivity index (χ1) is 17.1. The fourth-order valence-corrected chi connectivity index (χ4v) is 4.15. The van der Waals surface area contributed by atoms with Gasteiger partial charge in [0.2, 0.25) is 12.6 Å². The number of carbonyl (C=O) groups is 4. The van der Waals surface area contributed by atoms with Gasteiger partial charge in [0.25, 0.3) is 0 Å². The van der Waals surface area contributed by atoms with Crippen molar-refractivity contribution in [2.45, 2.75) is 64.7 Å². The van der Waals surface area contributed by atoms with E-state index in [2.05, 4.69) is 6.58 Å². The summed E-state index contributed by atoms with van der Waals surface area (Å²) in [6.45, 7) is 8.91. The zero-order chi connectivity index (χ0) is 26.4. The average Bonchev–Trinajstić information content (AvgIpc) is 2.80. The summed E-state index contributed by atoms with van der Waals surface area (Å²) in [5.41, 5.74) is 1.73. The molecule has 3 aliphatic heterocycles. The molecule has 3 heterocycles. The molecule has 36 heavy (non-hydrogen) atoms. The molecule has 0 spiro atoms. The van der Waals surface area contributed by atoms with Crippen LogP contribution in [0.2, 0.25) is 0 Å². The summed E-state index contributed by atoms with van der Waals surface area (Å²) >= 11 is 0. The number of rotatable bonds is 8. The van der Waals surface area contributed by atoms with Crippen molar-refractivity contribution in [2.75, 3.05) is 19.8 Å². The maximum absolute atomic E-state index is 12.0. The Balaban J connectivity index is 1.96. The summed E-state index contributed by atoms with van der Waals surface area (Å²) in [4.78, 5) is 47.3. The molecule has 1 saturated heterocycles. The van der Waals surface area contributed by atoms with Gasteiger partial charge in [-0.05, 0) is 5.57 Å². The molecule has 0 unspecified atom stereocenters. The first kappa shape index (κ1) is 27.4. The normalized spacial score (nSPS) is 31.4. The highest BCUT2D eigenvalue weighted by Gasteiger charge is 2.54. The minimum atomic E-state index is -1.37. The van der Waals surface area contributed by atoms with E-state index >= 15 is 0 Å². The van der Waals surface area contributed by atoms with E-state index in [1.54, 1.807) is 6.08 Å². The van der Waals surface area contributed by atoms with Gasteiger partial charge in [-0.1, -0.05) is 12.2 Å². The minimum absolute atomic E-state index is 0.360. The van der Waals surface area contributed by atoms with E-state index in [1.807, 2.05) is 6.08 Å². The summed E-state index contributed by atoms with van der Waals surface area (Å²) in [5.74, 6) is -3.23. The zero-order valence-electron chi connectivity index (χ0n) is 20.5. The molecular formula is C24H30O12. The van der Waals surface area contributed by atoms with Crippen LogP contribution in [-0.2, 0) is 57.1 Å². The van der Waals surface area contributed by atoms with Gasteiger partial charge in [0.1, 0.15) is 12.7 Å². The molecule has 0 amide bonds. The van der Waals surface area contributed by atoms with Gasteiger partial charge in [0, 0.05) is 33.3 Å². The van der Waals surface area contributed by atoms with E-state index in [0.29, 0.717) is 13.2 Å². The van der Waals surface area contributed by atoms with Crippen LogP contribution < -0.4 is 0 Å². The van der Waals surface area contributed by atoms with Crippen molar-refractivity contribution in [2.24, 2.45) is 5.92 Å². The van der Waals surface area contributed by atoms with E-state index < -0.39 is 66.8 Å². The lowest BCUT2D eigenvalue weighted by atomic mass is 9.89. The van der Waals surface area contributed by atoms with Gasteiger partial charge >= 0.3 is 23.9 Å². The summed E-state index contributed by atoms with van der Waals surface area (Å²) in [7, 11) is 0. The minimum Gasteiger partial charge on any atom is -0.471 e. The van der Waals surface area contributed by atoms with E-state index in [0.717, 1.165) is 31.9 Å². The Kier molecular flexibility index (Phi) is 9.24. The van der Waals surface area contributed by atoms with Crippen molar-refractivity contribution in [3.05, 3.63) is 36.1 Å². The van der Waals surface area contributed by atoms with Crippen LogP contribution in [-0.4, -0.2) is 80.7 Å². The van der Waals surface area contributed by atoms with Gasteiger partial charge in [-0.25, -0.2) is 0 Å². The van der Waals surface area contributed by atoms with Gasteiger partial charge in [-0.3, -0.25) is 19.2 Å². The van der Waals surface area contributed by atoms with Crippen molar-refractivity contribution in [1.29, 1.82) is 0 Å². The molecule has 0 aliphatic carbocycles. The lowest BCUT2D eigenvalue weighted by Crippen LogP contribution is -2.63. The van der Waals surface area contributed by atoms with Crippen molar-refractivity contribution in [3.8, 4) is 0 Å². The smallest absolute Gasteiger partial charge is 0.303 e. The van der Waals surface area contributed by atoms with E-state index in [-0.39, 0.29) is 6.61 Å². The Morgan fingerprint density at radius 3 is 2.19 bits per heavy atom. The maximum Gasteiger partial charge on any atom is 0.303 e. The molecule has 3 aliphatic rings. The standard InChI is InChI=1S/C24H30O12/c1-6-17-18-7-8-29-9-16(18)10-31-23(17)36-24-22(34-15(5)28)21(33-14(4)27)20(32-13(3)26)19(35-24)11-30-12(2)25/h6-7,10,17,19-24H,1,8-9,11H2,2-5H3/t17-,19-,20-,21+,22-,23-,24-/m0/s1. The largest absolute Gasteiger partial charge is 0.471 e. The van der Waals surface area contributed by atoms with Crippen molar-refractivity contribution in [3.63, 3.8) is 0 Å². The van der Waals surface area contributed by atoms with Crippen molar-refractivity contribution < 1.29 is 57.1 Å². The molecule has 0 aromatic carbocycles. The first-order valence-electron chi connectivity index (χ1n) is 11.3. The Morgan fingerprint density at radius 1 is 0.944 bits per heavy atom. The van der Waals surface area contributed by atoms with Gasteiger partial charge in [0.05, 0.1) is 25.4 Å². The molecule has 12 nitrogen and oxygen atoms in total. The number of ether oxygens (including phenoxy) is 8. The SMILES string of the molecule is C=C[C@H]1C2=CCOCC2=CO[C@H]1O[C@@H]1O[C@@H](COC(C)=O)[C@H](OC(C)=O)[C@@H](OC(C)=O)[C@@H]1OC(C)=O. The number of fused-ring (bicyclic) bond motifs is 1. The summed E-state index contributed by atoms with van der Waals surface area (Å²) in [6.07, 6.45) is -2.40. The second-order valence-electron chi connectivity index (χ2n) is 8.29. The predicted octanol–water partition coefficient (Wildman–Crippen LogP) is 1.09. The van der Waals surface area contributed by atoms with Crippen molar-refractivity contribution in [1.82, 2.24) is 0 Å². The zero-order valence-corrected chi connectivity index (χ0v) is 20.5. The Bertz CT molecular complexity index is 937. The van der Waals surface area contributed by atoms with Crippen LogP contribution >= 0.6 is 0 Å². The summed E-state index contributed by atoms with van der Waals surface area (Å²) in [5, 5.41) is 0. The molecule has 1 fully saturated rings.